The molecule has 0 fully saturated rings. The van der Waals surface area contributed by atoms with Crippen molar-refractivity contribution >= 4 is 27.2 Å². The standard InChI is InChI=1S/C23H23N3O6S/c1-26(33(29,30)19-7-8-21(31-2)22(14-19)32-3)18-6-4-5-17(13-18)20(15-23(27)25-28)16-9-11-24-12-10-16/h4-15,28H,1-3H3,(H,25,27). The molecule has 3 rings (SSSR count). The lowest BCUT2D eigenvalue weighted by atomic mass is 9.98. The smallest absolute Gasteiger partial charge is 0.267 e. The summed E-state index contributed by atoms with van der Waals surface area (Å²) in [5, 5.41) is 8.97. The fraction of sp³-hybridized carbons (Fsp3) is 0.130. The van der Waals surface area contributed by atoms with Crippen LogP contribution >= 0.6 is 0 Å². The number of carbonyl (C=O) groups is 1. The topological polar surface area (TPSA) is 118 Å². The molecule has 0 atom stereocenters. The average Bonchev–Trinajstić information content (AvgIpc) is 2.86. The van der Waals surface area contributed by atoms with Gasteiger partial charge in [-0.25, -0.2) is 13.9 Å². The minimum Gasteiger partial charge on any atom is -0.493 e. The van der Waals surface area contributed by atoms with Gasteiger partial charge >= 0.3 is 0 Å². The van der Waals surface area contributed by atoms with E-state index in [1.54, 1.807) is 54.3 Å². The molecule has 0 radical (unpaired) electrons. The van der Waals surface area contributed by atoms with Gasteiger partial charge in [-0.2, -0.15) is 0 Å². The molecule has 2 aromatic carbocycles. The zero-order valence-corrected chi connectivity index (χ0v) is 19.0. The van der Waals surface area contributed by atoms with Crippen LogP contribution in [0.1, 0.15) is 11.1 Å². The van der Waals surface area contributed by atoms with E-state index in [9.17, 15) is 13.2 Å². The minimum atomic E-state index is -3.94. The fourth-order valence-electron chi connectivity index (χ4n) is 3.17. The SMILES string of the molecule is COc1ccc(S(=O)(=O)N(C)c2cccc(C(=CC(=O)NO)c3ccncc3)c2)cc1OC. The lowest BCUT2D eigenvalue weighted by molar-refractivity contribution is -0.124. The number of rotatable bonds is 8. The van der Waals surface area contributed by atoms with Crippen LogP contribution in [0.4, 0.5) is 5.69 Å². The average molecular weight is 470 g/mol. The number of hydrogen-bond donors (Lipinski definition) is 2. The van der Waals surface area contributed by atoms with E-state index in [0.717, 1.165) is 4.31 Å². The van der Waals surface area contributed by atoms with Crippen LogP contribution in [0.3, 0.4) is 0 Å². The summed E-state index contributed by atoms with van der Waals surface area (Å²) in [6, 6.07) is 14.4. The number of ether oxygens (including phenoxy) is 2. The normalized spacial score (nSPS) is 11.6. The van der Waals surface area contributed by atoms with Crippen LogP contribution < -0.4 is 19.3 Å². The van der Waals surface area contributed by atoms with Gasteiger partial charge < -0.3 is 9.47 Å². The lowest BCUT2D eigenvalue weighted by Crippen LogP contribution is -2.26. The molecule has 1 heterocycles. The van der Waals surface area contributed by atoms with Gasteiger partial charge in [0, 0.05) is 31.6 Å². The molecular weight excluding hydrogens is 446 g/mol. The predicted molar refractivity (Wildman–Crippen MR) is 123 cm³/mol. The summed E-state index contributed by atoms with van der Waals surface area (Å²) in [5.74, 6) is -0.0208. The molecular formula is C23H23N3O6S. The summed E-state index contributed by atoms with van der Waals surface area (Å²) in [6.45, 7) is 0. The molecule has 2 N–H and O–H groups in total. The molecule has 0 bridgehead atoms. The summed E-state index contributed by atoms with van der Waals surface area (Å²) in [5.41, 5.74) is 3.65. The molecule has 9 nitrogen and oxygen atoms in total. The van der Waals surface area contributed by atoms with E-state index in [1.165, 1.54) is 45.5 Å². The van der Waals surface area contributed by atoms with Crippen molar-refractivity contribution in [2.75, 3.05) is 25.6 Å². The van der Waals surface area contributed by atoms with Crippen molar-refractivity contribution in [3.05, 3.63) is 84.2 Å². The van der Waals surface area contributed by atoms with Gasteiger partial charge in [-0.3, -0.25) is 19.3 Å². The number of anilines is 1. The largest absolute Gasteiger partial charge is 0.493 e. The van der Waals surface area contributed by atoms with Crippen LogP contribution in [0.25, 0.3) is 5.57 Å². The maximum absolute atomic E-state index is 13.3. The summed E-state index contributed by atoms with van der Waals surface area (Å²) in [7, 11) is 0.391. The van der Waals surface area contributed by atoms with Crippen molar-refractivity contribution in [2.45, 2.75) is 4.90 Å². The molecule has 0 aliphatic carbocycles. The lowest BCUT2D eigenvalue weighted by Gasteiger charge is -2.21. The minimum absolute atomic E-state index is 0.0256. The van der Waals surface area contributed by atoms with Crippen molar-refractivity contribution in [1.29, 1.82) is 0 Å². The summed E-state index contributed by atoms with van der Waals surface area (Å²) in [6.07, 6.45) is 4.35. The van der Waals surface area contributed by atoms with Gasteiger partial charge in [-0.05, 0) is 53.1 Å². The first-order chi connectivity index (χ1) is 15.8. The zero-order chi connectivity index (χ0) is 24.0. The Bertz CT molecular complexity index is 1280. The Kier molecular flexibility index (Phi) is 7.31. The van der Waals surface area contributed by atoms with Crippen LogP contribution in [-0.2, 0) is 14.8 Å². The van der Waals surface area contributed by atoms with E-state index in [4.69, 9.17) is 14.7 Å². The Balaban J connectivity index is 2.05. The van der Waals surface area contributed by atoms with Crippen molar-refractivity contribution in [3.8, 4) is 11.5 Å². The predicted octanol–water partition coefficient (Wildman–Crippen LogP) is 2.86. The summed E-state index contributed by atoms with van der Waals surface area (Å²) < 4.78 is 38.1. The quantitative estimate of drug-likeness (QED) is 0.296. The van der Waals surface area contributed by atoms with E-state index in [0.29, 0.717) is 33.9 Å². The molecule has 0 unspecified atom stereocenters. The van der Waals surface area contributed by atoms with Crippen molar-refractivity contribution in [1.82, 2.24) is 10.5 Å². The van der Waals surface area contributed by atoms with Gasteiger partial charge in [0.05, 0.1) is 24.8 Å². The Morgan fingerprint density at radius 1 is 1.00 bits per heavy atom. The number of hydrogen-bond acceptors (Lipinski definition) is 7. The van der Waals surface area contributed by atoms with Crippen LogP contribution in [0.15, 0.2) is 78.0 Å². The highest BCUT2D eigenvalue weighted by atomic mass is 32.2. The number of carbonyl (C=O) groups excluding carboxylic acids is 1. The van der Waals surface area contributed by atoms with Crippen LogP contribution in [0.5, 0.6) is 11.5 Å². The van der Waals surface area contributed by atoms with E-state index >= 15 is 0 Å². The number of nitrogens with zero attached hydrogens (tertiary/aromatic N) is 2. The first-order valence-electron chi connectivity index (χ1n) is 9.69. The summed E-state index contributed by atoms with van der Waals surface area (Å²) in [4.78, 5) is 15.9. The molecule has 0 aliphatic rings. The number of amides is 1. The molecule has 0 aliphatic heterocycles. The Labute approximate surface area is 191 Å². The number of hydroxylamine groups is 1. The number of methoxy groups -OCH3 is 2. The van der Waals surface area contributed by atoms with E-state index in [-0.39, 0.29) is 4.90 Å². The van der Waals surface area contributed by atoms with Crippen LogP contribution in [0.2, 0.25) is 0 Å². The number of benzene rings is 2. The second-order valence-corrected chi connectivity index (χ2v) is 8.78. The Morgan fingerprint density at radius 3 is 2.33 bits per heavy atom. The maximum atomic E-state index is 13.3. The van der Waals surface area contributed by atoms with Gasteiger partial charge in [-0.1, -0.05) is 12.1 Å². The molecule has 33 heavy (non-hydrogen) atoms. The highest BCUT2D eigenvalue weighted by Gasteiger charge is 2.23. The molecule has 3 aromatic rings. The first-order valence-corrected chi connectivity index (χ1v) is 11.1. The van der Waals surface area contributed by atoms with Gasteiger partial charge in [0.1, 0.15) is 0 Å². The molecule has 0 saturated heterocycles. The zero-order valence-electron chi connectivity index (χ0n) is 18.2. The molecule has 1 aromatic heterocycles. The molecule has 10 heteroatoms. The van der Waals surface area contributed by atoms with Gasteiger partial charge in [0.15, 0.2) is 11.5 Å². The van der Waals surface area contributed by atoms with Crippen LogP contribution in [0, 0.1) is 0 Å². The maximum Gasteiger partial charge on any atom is 0.267 e. The highest BCUT2D eigenvalue weighted by molar-refractivity contribution is 7.92. The van der Waals surface area contributed by atoms with Crippen LogP contribution in [-0.4, -0.2) is 45.8 Å². The monoisotopic (exact) mass is 469 g/mol. The molecule has 1 amide bonds. The Morgan fingerprint density at radius 2 is 1.70 bits per heavy atom. The number of aromatic nitrogens is 1. The third-order valence-electron chi connectivity index (χ3n) is 4.91. The van der Waals surface area contributed by atoms with E-state index in [1.807, 2.05) is 0 Å². The van der Waals surface area contributed by atoms with Crippen molar-refractivity contribution in [2.24, 2.45) is 0 Å². The second kappa shape index (κ2) is 10.2. The highest BCUT2D eigenvalue weighted by Crippen LogP contribution is 2.33. The molecule has 0 spiro atoms. The number of nitrogens with one attached hydrogen (secondary N) is 1. The van der Waals surface area contributed by atoms with E-state index in [2.05, 4.69) is 4.98 Å². The third kappa shape index (κ3) is 5.13. The van der Waals surface area contributed by atoms with Crippen molar-refractivity contribution in [3.63, 3.8) is 0 Å². The Hall–Kier alpha value is -3.89. The van der Waals surface area contributed by atoms with E-state index < -0.39 is 15.9 Å². The third-order valence-corrected chi connectivity index (χ3v) is 6.69. The fourth-order valence-corrected chi connectivity index (χ4v) is 4.37. The number of sulfonamides is 1. The van der Waals surface area contributed by atoms with Gasteiger partial charge in [0.2, 0.25) is 0 Å². The van der Waals surface area contributed by atoms with Gasteiger partial charge in [-0.15, -0.1) is 0 Å². The molecule has 0 saturated carbocycles. The molecule has 172 valence electrons. The summed E-state index contributed by atoms with van der Waals surface area (Å²) >= 11 is 0. The van der Waals surface area contributed by atoms with Gasteiger partial charge in [0.25, 0.3) is 15.9 Å². The van der Waals surface area contributed by atoms with Crippen molar-refractivity contribution < 1.29 is 27.9 Å². The first kappa shape index (κ1) is 23.8. The number of pyridine rings is 1. The second-order valence-electron chi connectivity index (χ2n) is 6.81.